The van der Waals surface area contributed by atoms with Gasteiger partial charge in [-0.05, 0) is 31.8 Å². The Labute approximate surface area is 103 Å². The predicted octanol–water partition coefficient (Wildman–Crippen LogP) is 3.26. The van der Waals surface area contributed by atoms with E-state index in [0.29, 0.717) is 12.0 Å². The third kappa shape index (κ3) is 7.24. The van der Waals surface area contributed by atoms with Gasteiger partial charge in [0.1, 0.15) is 0 Å². The number of nitrogens with zero attached hydrogens (tertiary/aromatic N) is 1. The molecule has 0 bridgehead atoms. The normalized spacial score (nSPS) is 15.4. The zero-order valence-corrected chi connectivity index (χ0v) is 11.8. The lowest BCUT2D eigenvalue weighted by molar-refractivity contribution is 0.226. The molecule has 0 aliphatic heterocycles. The smallest absolute Gasteiger partial charge is 0.0193 e. The van der Waals surface area contributed by atoms with Crippen LogP contribution in [0.15, 0.2) is 0 Å². The summed E-state index contributed by atoms with van der Waals surface area (Å²) in [5.41, 5.74) is 6.23. The van der Waals surface area contributed by atoms with Crippen molar-refractivity contribution in [3.8, 4) is 0 Å². The molecule has 0 aliphatic rings. The highest BCUT2D eigenvalue weighted by atomic mass is 15.1. The molecule has 0 saturated heterocycles. The van der Waals surface area contributed by atoms with Gasteiger partial charge < -0.3 is 10.6 Å². The van der Waals surface area contributed by atoms with Gasteiger partial charge in [-0.2, -0.15) is 0 Å². The molecule has 0 fully saturated rings. The Morgan fingerprint density at radius 2 is 1.50 bits per heavy atom. The second-order valence-corrected chi connectivity index (χ2v) is 5.06. The van der Waals surface area contributed by atoms with Crippen LogP contribution in [0, 0.1) is 5.92 Å². The molecule has 2 atom stereocenters. The first kappa shape index (κ1) is 15.9. The maximum atomic E-state index is 6.23. The lowest BCUT2D eigenvalue weighted by atomic mass is 9.99. The molecule has 0 amide bonds. The summed E-state index contributed by atoms with van der Waals surface area (Å²) in [6.45, 7) is 12.5. The van der Waals surface area contributed by atoms with Crippen molar-refractivity contribution in [2.24, 2.45) is 11.7 Å². The van der Waals surface area contributed by atoms with Gasteiger partial charge in [-0.3, -0.25) is 0 Å². The van der Waals surface area contributed by atoms with Crippen molar-refractivity contribution in [3.63, 3.8) is 0 Å². The maximum absolute atomic E-state index is 6.23. The van der Waals surface area contributed by atoms with E-state index in [1.165, 1.54) is 45.2 Å². The minimum atomic E-state index is 0.346. The molecule has 0 saturated carbocycles. The van der Waals surface area contributed by atoms with Crippen molar-refractivity contribution >= 4 is 0 Å². The van der Waals surface area contributed by atoms with E-state index in [0.717, 1.165) is 6.54 Å². The first-order chi connectivity index (χ1) is 7.65. The average Bonchev–Trinajstić information content (AvgIpc) is 2.31. The van der Waals surface area contributed by atoms with Gasteiger partial charge in [0.05, 0.1) is 0 Å². The van der Waals surface area contributed by atoms with Crippen LogP contribution in [0.25, 0.3) is 0 Å². The molecule has 0 radical (unpaired) electrons. The quantitative estimate of drug-likeness (QED) is 0.622. The second-order valence-electron chi connectivity index (χ2n) is 5.06. The van der Waals surface area contributed by atoms with Gasteiger partial charge in [0.15, 0.2) is 0 Å². The van der Waals surface area contributed by atoms with Crippen LogP contribution in [0.1, 0.15) is 59.8 Å². The van der Waals surface area contributed by atoms with E-state index in [-0.39, 0.29) is 0 Å². The molecule has 0 aromatic carbocycles. The molecule has 0 aliphatic carbocycles. The van der Waals surface area contributed by atoms with Gasteiger partial charge in [0, 0.05) is 12.6 Å². The van der Waals surface area contributed by atoms with Crippen LogP contribution in [-0.2, 0) is 0 Å². The van der Waals surface area contributed by atoms with Crippen molar-refractivity contribution in [2.45, 2.75) is 65.8 Å². The second kappa shape index (κ2) is 10.1. The monoisotopic (exact) mass is 228 g/mol. The van der Waals surface area contributed by atoms with E-state index < -0.39 is 0 Å². The predicted molar refractivity (Wildman–Crippen MR) is 73.7 cm³/mol. The lowest BCUT2D eigenvalue weighted by Crippen LogP contribution is -2.42. The molecule has 0 aromatic heterocycles. The first-order valence-electron chi connectivity index (χ1n) is 7.13. The fourth-order valence-corrected chi connectivity index (χ4v) is 1.84. The number of hydrogen-bond acceptors (Lipinski definition) is 2. The third-order valence-corrected chi connectivity index (χ3v) is 3.50. The molecule has 0 spiro atoms. The highest BCUT2D eigenvalue weighted by molar-refractivity contribution is 4.73. The summed E-state index contributed by atoms with van der Waals surface area (Å²) in [5, 5.41) is 0. The van der Waals surface area contributed by atoms with E-state index in [1.807, 2.05) is 0 Å². The summed E-state index contributed by atoms with van der Waals surface area (Å²) >= 11 is 0. The van der Waals surface area contributed by atoms with Crippen LogP contribution in [0.3, 0.4) is 0 Å². The summed E-state index contributed by atoms with van der Waals surface area (Å²) < 4.78 is 0. The topological polar surface area (TPSA) is 29.3 Å². The minimum Gasteiger partial charge on any atom is -0.326 e. The fourth-order valence-electron chi connectivity index (χ4n) is 1.84. The molecule has 0 heterocycles. The van der Waals surface area contributed by atoms with Gasteiger partial charge in [-0.25, -0.2) is 0 Å². The van der Waals surface area contributed by atoms with Gasteiger partial charge in [-0.15, -0.1) is 0 Å². The van der Waals surface area contributed by atoms with E-state index in [9.17, 15) is 0 Å². The Morgan fingerprint density at radius 3 is 1.88 bits per heavy atom. The van der Waals surface area contributed by atoms with E-state index in [1.54, 1.807) is 0 Å². The minimum absolute atomic E-state index is 0.346. The third-order valence-electron chi connectivity index (χ3n) is 3.50. The average molecular weight is 228 g/mol. The van der Waals surface area contributed by atoms with Crippen LogP contribution < -0.4 is 5.73 Å². The van der Waals surface area contributed by atoms with Crippen molar-refractivity contribution < 1.29 is 0 Å². The van der Waals surface area contributed by atoms with Crippen LogP contribution in [0.5, 0.6) is 0 Å². The lowest BCUT2D eigenvalue weighted by Gasteiger charge is -2.28. The van der Waals surface area contributed by atoms with Crippen molar-refractivity contribution in [3.05, 3.63) is 0 Å². The van der Waals surface area contributed by atoms with Gasteiger partial charge in [0.25, 0.3) is 0 Å². The van der Waals surface area contributed by atoms with Gasteiger partial charge in [0.2, 0.25) is 0 Å². The van der Waals surface area contributed by atoms with Crippen LogP contribution >= 0.6 is 0 Å². The number of hydrogen-bond donors (Lipinski definition) is 1. The van der Waals surface area contributed by atoms with Crippen LogP contribution in [0.2, 0.25) is 0 Å². The Kier molecular flexibility index (Phi) is 10.0. The summed E-state index contributed by atoms with van der Waals surface area (Å²) in [5.74, 6) is 0.644. The molecule has 0 aromatic rings. The molecule has 2 N–H and O–H groups in total. The molecule has 2 nitrogen and oxygen atoms in total. The number of unbranched alkanes of at least 4 members (excludes halogenated alkanes) is 2. The SMILES string of the molecule is CCCCN(CCCC)C[C@H](N)[C@H](C)CC. The van der Waals surface area contributed by atoms with Gasteiger partial charge >= 0.3 is 0 Å². The summed E-state index contributed by atoms with van der Waals surface area (Å²) in [6.07, 6.45) is 6.35. The Morgan fingerprint density at radius 1 is 1.00 bits per heavy atom. The van der Waals surface area contributed by atoms with E-state index in [2.05, 4.69) is 32.6 Å². The number of nitrogens with two attached hydrogens (primary N) is 1. The largest absolute Gasteiger partial charge is 0.326 e. The van der Waals surface area contributed by atoms with Gasteiger partial charge in [-0.1, -0.05) is 47.0 Å². The summed E-state index contributed by atoms with van der Waals surface area (Å²) in [7, 11) is 0. The Bertz CT molecular complexity index is 140. The van der Waals surface area contributed by atoms with Crippen LogP contribution in [0.4, 0.5) is 0 Å². The molecule has 0 rings (SSSR count). The standard InChI is InChI=1S/C14H32N2/c1-5-8-10-16(11-9-6-2)12-14(15)13(4)7-3/h13-14H,5-12,15H2,1-4H3/t13-,14+/m1/s1. The highest BCUT2D eigenvalue weighted by Crippen LogP contribution is 2.08. The summed E-state index contributed by atoms with van der Waals surface area (Å²) in [6, 6.07) is 0.346. The van der Waals surface area contributed by atoms with Crippen LogP contribution in [-0.4, -0.2) is 30.6 Å². The maximum Gasteiger partial charge on any atom is 0.0193 e. The zero-order chi connectivity index (χ0) is 12.4. The van der Waals surface area contributed by atoms with Crippen molar-refractivity contribution in [1.82, 2.24) is 4.90 Å². The molecule has 16 heavy (non-hydrogen) atoms. The summed E-state index contributed by atoms with van der Waals surface area (Å²) in [4.78, 5) is 2.56. The molecule has 2 heteroatoms. The zero-order valence-electron chi connectivity index (χ0n) is 11.8. The molecular formula is C14H32N2. The van der Waals surface area contributed by atoms with E-state index in [4.69, 9.17) is 5.73 Å². The van der Waals surface area contributed by atoms with Crippen molar-refractivity contribution in [1.29, 1.82) is 0 Å². The molecule has 98 valence electrons. The Balaban J connectivity index is 3.96. The molecule has 0 unspecified atom stereocenters. The number of rotatable bonds is 10. The van der Waals surface area contributed by atoms with E-state index >= 15 is 0 Å². The Hall–Kier alpha value is -0.0800. The fraction of sp³-hybridized carbons (Fsp3) is 1.00. The highest BCUT2D eigenvalue weighted by Gasteiger charge is 2.14. The first-order valence-corrected chi connectivity index (χ1v) is 7.13. The molecular weight excluding hydrogens is 196 g/mol. The van der Waals surface area contributed by atoms with Crippen molar-refractivity contribution in [2.75, 3.05) is 19.6 Å².